The number of carbonyl (C=O) groups excluding carboxylic acids is 2. The molecule has 0 saturated heterocycles. The summed E-state index contributed by atoms with van der Waals surface area (Å²) in [6.45, 7) is 11.8. The standard InChI is InChI=1S/C56H91NO2S3/c1-6-9-12-15-18-21-24-25-26-27-30-33-36-39-42-57-55(58)50-46(5)61-54(51(50)56(57)59)49-44-48(41-38-35-32-29-23-20-17-14-11-8-3)53(62-49)52-47(43-45(4)60-52)40-37-34-31-28-22-19-16-13-10-7-2/h43-44H,6-42H2,1-5H3. The summed E-state index contributed by atoms with van der Waals surface area (Å²) in [7, 11) is 0. The van der Waals surface area contributed by atoms with Gasteiger partial charge in [0.1, 0.15) is 0 Å². The number of amides is 2. The van der Waals surface area contributed by atoms with Crippen LogP contribution >= 0.6 is 34.0 Å². The van der Waals surface area contributed by atoms with E-state index in [4.69, 9.17) is 0 Å². The number of imide groups is 1. The third-order valence-electron chi connectivity index (χ3n) is 13.5. The van der Waals surface area contributed by atoms with Gasteiger partial charge in [-0.25, -0.2) is 0 Å². The zero-order valence-corrected chi connectivity index (χ0v) is 43.3. The summed E-state index contributed by atoms with van der Waals surface area (Å²) >= 11 is 5.54. The third kappa shape index (κ3) is 18.3. The molecule has 4 rings (SSSR count). The van der Waals surface area contributed by atoms with Crippen molar-refractivity contribution in [3.05, 3.63) is 44.1 Å². The summed E-state index contributed by atoms with van der Waals surface area (Å²) in [6, 6.07) is 4.88. The van der Waals surface area contributed by atoms with E-state index in [-0.39, 0.29) is 11.8 Å². The normalized spacial score (nSPS) is 12.8. The number of aryl methyl sites for hydroxylation is 4. The van der Waals surface area contributed by atoms with E-state index in [2.05, 4.69) is 46.8 Å². The van der Waals surface area contributed by atoms with Crippen molar-refractivity contribution in [2.24, 2.45) is 0 Å². The molecule has 1 aliphatic heterocycles. The van der Waals surface area contributed by atoms with Crippen LogP contribution in [0.15, 0.2) is 12.1 Å². The van der Waals surface area contributed by atoms with Gasteiger partial charge in [-0.2, -0.15) is 0 Å². The number of hydrogen-bond acceptors (Lipinski definition) is 5. The van der Waals surface area contributed by atoms with Crippen LogP contribution in [0.4, 0.5) is 0 Å². The van der Waals surface area contributed by atoms with Crippen LogP contribution in [0.5, 0.6) is 0 Å². The summed E-state index contributed by atoms with van der Waals surface area (Å²) in [5.74, 6) is -0.117. The fourth-order valence-electron chi connectivity index (χ4n) is 9.68. The van der Waals surface area contributed by atoms with Crippen LogP contribution in [0.1, 0.15) is 281 Å². The number of rotatable bonds is 39. The van der Waals surface area contributed by atoms with Crippen LogP contribution in [0.25, 0.3) is 19.5 Å². The Balaban J connectivity index is 1.35. The van der Waals surface area contributed by atoms with E-state index >= 15 is 0 Å². The van der Waals surface area contributed by atoms with E-state index in [9.17, 15) is 9.59 Å². The second kappa shape index (κ2) is 32.0. The van der Waals surface area contributed by atoms with Crippen molar-refractivity contribution < 1.29 is 9.59 Å². The molecule has 1 aliphatic rings. The minimum atomic E-state index is -0.0604. The monoisotopic (exact) mass is 906 g/mol. The van der Waals surface area contributed by atoms with Gasteiger partial charge in [-0.05, 0) is 69.2 Å². The Labute approximate surface area is 394 Å². The minimum Gasteiger partial charge on any atom is -0.274 e. The van der Waals surface area contributed by atoms with E-state index in [1.807, 2.05) is 22.7 Å². The maximum absolute atomic E-state index is 14.2. The molecule has 350 valence electrons. The molecule has 0 aromatic carbocycles. The molecule has 62 heavy (non-hydrogen) atoms. The van der Waals surface area contributed by atoms with Crippen LogP contribution in [0, 0.1) is 13.8 Å². The highest BCUT2D eigenvalue weighted by Crippen LogP contribution is 2.49. The van der Waals surface area contributed by atoms with E-state index in [1.54, 1.807) is 16.2 Å². The molecule has 3 aromatic heterocycles. The lowest BCUT2D eigenvalue weighted by Crippen LogP contribution is -2.31. The third-order valence-corrected chi connectivity index (χ3v) is 17.2. The second-order valence-corrected chi connectivity index (χ2v) is 22.7. The Morgan fingerprint density at radius 3 is 1.18 bits per heavy atom. The van der Waals surface area contributed by atoms with Gasteiger partial charge in [-0.3, -0.25) is 14.5 Å². The van der Waals surface area contributed by atoms with Crippen LogP contribution in [-0.4, -0.2) is 23.3 Å². The van der Waals surface area contributed by atoms with Gasteiger partial charge in [0.2, 0.25) is 0 Å². The highest BCUT2D eigenvalue weighted by Gasteiger charge is 2.41. The van der Waals surface area contributed by atoms with Gasteiger partial charge in [-0.15, -0.1) is 34.0 Å². The topological polar surface area (TPSA) is 37.4 Å². The van der Waals surface area contributed by atoms with Crippen LogP contribution in [-0.2, 0) is 12.8 Å². The van der Waals surface area contributed by atoms with Crippen molar-refractivity contribution in [2.75, 3.05) is 6.54 Å². The van der Waals surface area contributed by atoms with Crippen molar-refractivity contribution in [3.63, 3.8) is 0 Å². The van der Waals surface area contributed by atoms with Gasteiger partial charge < -0.3 is 0 Å². The minimum absolute atomic E-state index is 0.0566. The summed E-state index contributed by atoms with van der Waals surface area (Å²) in [5, 5.41) is 0. The molecule has 0 aliphatic carbocycles. The molecular formula is C56H91NO2S3. The molecule has 0 spiro atoms. The van der Waals surface area contributed by atoms with Crippen molar-refractivity contribution in [1.29, 1.82) is 0 Å². The number of unbranched alkanes of at least 4 members (excludes halogenated alkanes) is 31. The quantitative estimate of drug-likeness (QED) is 0.0422. The Morgan fingerprint density at radius 2 is 0.742 bits per heavy atom. The first-order chi connectivity index (χ1) is 30.4. The average molecular weight is 907 g/mol. The first kappa shape index (κ1) is 52.9. The molecule has 0 saturated carbocycles. The fraction of sp³-hybridized carbons (Fsp3) is 0.750. The van der Waals surface area contributed by atoms with Crippen molar-refractivity contribution >= 4 is 45.8 Å². The highest BCUT2D eigenvalue weighted by molar-refractivity contribution is 7.27. The predicted molar refractivity (Wildman–Crippen MR) is 277 cm³/mol. The van der Waals surface area contributed by atoms with Crippen molar-refractivity contribution in [1.82, 2.24) is 4.90 Å². The van der Waals surface area contributed by atoms with Gasteiger partial charge in [0, 0.05) is 30.9 Å². The molecule has 4 heterocycles. The SMILES string of the molecule is CCCCCCCCCCCCCCCCN1C(=O)c2c(C)sc(-c3cc(CCCCCCCCCCCC)c(-c4sc(C)cc4CCCCCCCCCCCC)s3)c2C1=O. The van der Waals surface area contributed by atoms with Gasteiger partial charge in [0.15, 0.2) is 0 Å². The number of thiophene rings is 3. The smallest absolute Gasteiger partial charge is 0.263 e. The lowest BCUT2D eigenvalue weighted by atomic mass is 10.0. The largest absolute Gasteiger partial charge is 0.274 e. The Bertz CT molecular complexity index is 1660. The van der Waals surface area contributed by atoms with Gasteiger partial charge in [0.05, 0.1) is 16.0 Å². The van der Waals surface area contributed by atoms with E-state index in [1.165, 1.54) is 236 Å². The molecule has 0 N–H and O–H groups in total. The van der Waals surface area contributed by atoms with E-state index in [0.29, 0.717) is 17.7 Å². The molecule has 0 atom stereocenters. The first-order valence-corrected chi connectivity index (χ1v) is 29.1. The number of carbonyl (C=O) groups is 2. The molecular weight excluding hydrogens is 815 g/mol. The number of fused-ring (bicyclic) bond motifs is 1. The van der Waals surface area contributed by atoms with Crippen molar-refractivity contribution in [3.8, 4) is 19.5 Å². The van der Waals surface area contributed by atoms with Gasteiger partial charge in [0.25, 0.3) is 11.8 Å². The van der Waals surface area contributed by atoms with Gasteiger partial charge in [-0.1, -0.05) is 220 Å². The summed E-state index contributed by atoms with van der Waals surface area (Å²) < 4.78 is 0. The Hall–Kier alpha value is -1.76. The lowest BCUT2D eigenvalue weighted by Gasteiger charge is -2.14. The Morgan fingerprint density at radius 1 is 0.387 bits per heavy atom. The van der Waals surface area contributed by atoms with Crippen molar-refractivity contribution in [2.45, 2.75) is 266 Å². The molecule has 0 radical (unpaired) electrons. The zero-order chi connectivity index (χ0) is 44.2. The maximum Gasteiger partial charge on any atom is 0.263 e. The molecule has 6 heteroatoms. The molecule has 3 nitrogen and oxygen atoms in total. The first-order valence-electron chi connectivity index (χ1n) is 26.6. The fourth-order valence-corrected chi connectivity index (χ4v) is 13.4. The molecule has 0 unspecified atom stereocenters. The Kier molecular flexibility index (Phi) is 27.3. The maximum atomic E-state index is 14.2. The molecule has 3 aromatic rings. The summed E-state index contributed by atoms with van der Waals surface area (Å²) in [5.41, 5.74) is 4.34. The number of hydrogen-bond donors (Lipinski definition) is 0. The molecule has 0 fully saturated rings. The molecule has 2 amide bonds. The van der Waals surface area contributed by atoms with E-state index in [0.717, 1.165) is 35.4 Å². The summed E-state index contributed by atoms with van der Waals surface area (Å²) in [4.78, 5) is 37.1. The van der Waals surface area contributed by atoms with Crippen LogP contribution in [0.2, 0.25) is 0 Å². The average Bonchev–Trinajstić information content (AvgIpc) is 4.01. The number of nitrogens with zero attached hydrogens (tertiary/aromatic N) is 1. The predicted octanol–water partition coefficient (Wildman–Crippen LogP) is 19.8. The molecule has 0 bridgehead atoms. The van der Waals surface area contributed by atoms with Crippen LogP contribution < -0.4 is 0 Å². The van der Waals surface area contributed by atoms with E-state index < -0.39 is 0 Å². The summed E-state index contributed by atoms with van der Waals surface area (Å²) in [6.07, 6.45) is 47.5. The lowest BCUT2D eigenvalue weighted by molar-refractivity contribution is 0.0651. The zero-order valence-electron chi connectivity index (χ0n) is 40.8. The second-order valence-electron chi connectivity index (χ2n) is 19.1. The van der Waals surface area contributed by atoms with Crippen LogP contribution in [0.3, 0.4) is 0 Å². The van der Waals surface area contributed by atoms with Gasteiger partial charge >= 0.3 is 0 Å². The highest BCUT2D eigenvalue weighted by atomic mass is 32.1.